The predicted molar refractivity (Wildman–Crippen MR) is 104 cm³/mol. The van der Waals surface area contributed by atoms with Crippen molar-refractivity contribution in [1.82, 2.24) is 0 Å². The zero-order valence-electron chi connectivity index (χ0n) is 16.2. The lowest BCUT2D eigenvalue weighted by Gasteiger charge is -2.55. The van der Waals surface area contributed by atoms with Crippen LogP contribution < -0.4 is 10.1 Å². The maximum atomic E-state index is 15.1. The van der Waals surface area contributed by atoms with Crippen LogP contribution in [0.15, 0.2) is 30.3 Å². The second kappa shape index (κ2) is 5.61. The molecule has 4 nitrogen and oxygen atoms in total. The second-order valence-electron chi connectivity index (χ2n) is 8.56. The highest BCUT2D eigenvalue weighted by Gasteiger charge is 2.62. The molecule has 5 heteroatoms. The summed E-state index contributed by atoms with van der Waals surface area (Å²) in [4.78, 5) is 0. The fourth-order valence-electron chi connectivity index (χ4n) is 5.22. The highest BCUT2D eigenvalue weighted by atomic mass is 19.1. The molecule has 3 N–H and O–H groups in total. The molecule has 0 spiro atoms. The molecule has 27 heavy (non-hydrogen) atoms. The summed E-state index contributed by atoms with van der Waals surface area (Å²) in [7, 11) is 1.50. The number of aromatic hydroxyl groups is 1. The Labute approximate surface area is 159 Å². The Morgan fingerprint density at radius 1 is 1.07 bits per heavy atom. The average Bonchev–Trinajstić information content (AvgIpc) is 2.92. The predicted octanol–water partition coefficient (Wildman–Crippen LogP) is 4.58. The van der Waals surface area contributed by atoms with E-state index in [0.717, 1.165) is 24.1 Å². The van der Waals surface area contributed by atoms with E-state index in [9.17, 15) is 10.2 Å². The fourth-order valence-corrected chi connectivity index (χ4v) is 5.22. The van der Waals surface area contributed by atoms with E-state index in [1.807, 2.05) is 19.9 Å². The summed E-state index contributed by atoms with van der Waals surface area (Å²) in [6.07, 6.45) is 2.48. The number of anilines is 1. The summed E-state index contributed by atoms with van der Waals surface area (Å²) in [5.74, 6) is 0.104. The van der Waals surface area contributed by atoms with Crippen LogP contribution in [0.5, 0.6) is 11.5 Å². The molecule has 1 saturated carbocycles. The van der Waals surface area contributed by atoms with E-state index in [1.54, 1.807) is 6.07 Å². The molecule has 2 unspecified atom stereocenters. The van der Waals surface area contributed by atoms with Gasteiger partial charge in [-0.2, -0.15) is 0 Å². The van der Waals surface area contributed by atoms with Crippen LogP contribution in [-0.4, -0.2) is 28.5 Å². The van der Waals surface area contributed by atoms with Gasteiger partial charge in [0.1, 0.15) is 17.3 Å². The van der Waals surface area contributed by atoms with E-state index in [-0.39, 0.29) is 11.6 Å². The Morgan fingerprint density at radius 2 is 1.81 bits per heavy atom. The number of aliphatic hydroxyl groups is 1. The summed E-state index contributed by atoms with van der Waals surface area (Å²) >= 11 is 0. The molecule has 2 aromatic carbocycles. The lowest BCUT2D eigenvalue weighted by atomic mass is 9.60. The number of phenolic OH excluding ortho intramolecular Hbond substituents is 1. The van der Waals surface area contributed by atoms with Gasteiger partial charge in [-0.1, -0.05) is 6.92 Å². The summed E-state index contributed by atoms with van der Waals surface area (Å²) < 4.78 is 20.4. The van der Waals surface area contributed by atoms with Gasteiger partial charge in [-0.3, -0.25) is 0 Å². The maximum absolute atomic E-state index is 15.1. The molecule has 1 aliphatic heterocycles. The van der Waals surface area contributed by atoms with Gasteiger partial charge in [0.2, 0.25) is 0 Å². The van der Waals surface area contributed by atoms with Crippen molar-refractivity contribution >= 4 is 5.69 Å². The molecule has 144 valence electrons. The number of nitrogens with one attached hydrogen (secondary N) is 1. The third kappa shape index (κ3) is 2.30. The number of hydrogen-bond acceptors (Lipinski definition) is 4. The van der Waals surface area contributed by atoms with Gasteiger partial charge < -0.3 is 20.3 Å². The Bertz CT molecular complexity index is 926. The largest absolute Gasteiger partial charge is 0.508 e. The third-order valence-electron chi connectivity index (χ3n) is 6.79. The quantitative estimate of drug-likeness (QED) is 0.723. The van der Waals surface area contributed by atoms with Crippen molar-refractivity contribution in [3.05, 3.63) is 41.7 Å². The molecule has 0 saturated heterocycles. The minimum atomic E-state index is -0.916. The van der Waals surface area contributed by atoms with Gasteiger partial charge in [0.25, 0.3) is 0 Å². The lowest BCUT2D eigenvalue weighted by molar-refractivity contribution is -0.0628. The summed E-state index contributed by atoms with van der Waals surface area (Å²) in [5, 5.41) is 24.7. The van der Waals surface area contributed by atoms with Gasteiger partial charge in [-0.15, -0.1) is 0 Å². The fraction of sp³-hybridized carbons (Fsp3) is 0.455. The first kappa shape index (κ1) is 18.1. The van der Waals surface area contributed by atoms with E-state index >= 15 is 4.39 Å². The highest BCUT2D eigenvalue weighted by Crippen LogP contribution is 2.59. The summed E-state index contributed by atoms with van der Waals surface area (Å²) in [6, 6.07) is 8.00. The minimum Gasteiger partial charge on any atom is -0.508 e. The second-order valence-corrected chi connectivity index (χ2v) is 8.56. The van der Waals surface area contributed by atoms with Crippen molar-refractivity contribution in [3.63, 3.8) is 0 Å². The van der Waals surface area contributed by atoms with Crippen molar-refractivity contribution in [2.45, 2.75) is 56.6 Å². The molecular formula is C22H26FNO3. The minimum absolute atomic E-state index is 0.0644. The van der Waals surface area contributed by atoms with Crippen molar-refractivity contribution in [3.8, 4) is 22.6 Å². The molecule has 0 bridgehead atoms. The Kier molecular flexibility index (Phi) is 3.77. The van der Waals surface area contributed by atoms with Gasteiger partial charge >= 0.3 is 0 Å². The van der Waals surface area contributed by atoms with Gasteiger partial charge in [0.15, 0.2) is 0 Å². The molecule has 1 heterocycles. The van der Waals surface area contributed by atoms with Gasteiger partial charge in [-0.05, 0) is 62.9 Å². The van der Waals surface area contributed by atoms with E-state index in [1.165, 1.54) is 25.3 Å². The Hall–Kier alpha value is -2.27. The molecule has 2 aliphatic rings. The number of ether oxygens (including phenoxy) is 1. The normalized spacial score (nSPS) is 28.2. The first-order valence-electron chi connectivity index (χ1n) is 9.35. The SMILES string of the molecule is COc1cc(O)ccc1-c1cc2c(cc1F)NC(C)(C)C1(O)CCCC21C. The van der Waals surface area contributed by atoms with Crippen LogP contribution in [0.25, 0.3) is 11.1 Å². The highest BCUT2D eigenvalue weighted by molar-refractivity contribution is 5.77. The van der Waals surface area contributed by atoms with Crippen molar-refractivity contribution in [2.24, 2.45) is 0 Å². The number of fused-ring (bicyclic) bond motifs is 3. The summed E-state index contributed by atoms with van der Waals surface area (Å²) in [6.45, 7) is 6.04. The Morgan fingerprint density at radius 3 is 2.52 bits per heavy atom. The monoisotopic (exact) mass is 371 g/mol. The zero-order valence-corrected chi connectivity index (χ0v) is 16.2. The molecule has 0 amide bonds. The van der Waals surface area contributed by atoms with Gasteiger partial charge in [0.05, 0.1) is 18.2 Å². The van der Waals surface area contributed by atoms with E-state index in [2.05, 4.69) is 12.2 Å². The molecule has 2 atom stereocenters. The standard InChI is InChI=1S/C22H26FNO3/c1-20(2)22(26)9-5-8-21(22,3)16-11-15(17(23)12-18(16)24-20)14-7-6-13(25)10-19(14)27-4/h6-7,10-12,24-26H,5,8-9H2,1-4H3. The molecule has 4 rings (SSSR count). The van der Waals surface area contributed by atoms with Crippen LogP contribution in [0.2, 0.25) is 0 Å². The first-order valence-corrected chi connectivity index (χ1v) is 9.35. The summed E-state index contributed by atoms with van der Waals surface area (Å²) in [5.41, 5.74) is 0.690. The van der Waals surface area contributed by atoms with E-state index in [4.69, 9.17) is 4.74 Å². The van der Waals surface area contributed by atoms with Crippen LogP contribution in [0, 0.1) is 5.82 Å². The number of halogens is 1. The van der Waals surface area contributed by atoms with Crippen LogP contribution in [0.1, 0.15) is 45.6 Å². The number of rotatable bonds is 2. The van der Waals surface area contributed by atoms with Crippen molar-refractivity contribution in [2.75, 3.05) is 12.4 Å². The number of benzene rings is 2. The molecular weight excluding hydrogens is 345 g/mol. The topological polar surface area (TPSA) is 61.7 Å². The van der Waals surface area contributed by atoms with Crippen LogP contribution in [0.4, 0.5) is 10.1 Å². The van der Waals surface area contributed by atoms with Gasteiger partial charge in [0, 0.05) is 28.3 Å². The zero-order chi connectivity index (χ0) is 19.6. The third-order valence-corrected chi connectivity index (χ3v) is 6.79. The van der Waals surface area contributed by atoms with Gasteiger partial charge in [-0.25, -0.2) is 4.39 Å². The Balaban J connectivity index is 1.96. The molecule has 0 radical (unpaired) electrons. The van der Waals surface area contributed by atoms with Crippen molar-refractivity contribution in [1.29, 1.82) is 0 Å². The maximum Gasteiger partial charge on any atom is 0.133 e. The number of methoxy groups -OCH3 is 1. The number of hydrogen-bond donors (Lipinski definition) is 3. The van der Waals surface area contributed by atoms with E-state index < -0.39 is 16.6 Å². The molecule has 1 fully saturated rings. The molecule has 1 aliphatic carbocycles. The van der Waals surface area contributed by atoms with Crippen LogP contribution in [-0.2, 0) is 5.41 Å². The smallest absolute Gasteiger partial charge is 0.133 e. The van der Waals surface area contributed by atoms with Crippen LogP contribution >= 0.6 is 0 Å². The van der Waals surface area contributed by atoms with Crippen LogP contribution in [0.3, 0.4) is 0 Å². The average molecular weight is 371 g/mol. The molecule has 0 aromatic heterocycles. The number of phenols is 1. The molecule has 2 aromatic rings. The lowest BCUT2D eigenvalue weighted by Crippen LogP contribution is -2.65. The first-order chi connectivity index (χ1) is 12.6. The van der Waals surface area contributed by atoms with E-state index in [0.29, 0.717) is 23.3 Å². The van der Waals surface area contributed by atoms with Crippen molar-refractivity contribution < 1.29 is 19.3 Å².